The Morgan fingerprint density at radius 3 is 2.60 bits per heavy atom. The van der Waals surface area contributed by atoms with Gasteiger partial charge in [0.1, 0.15) is 0 Å². The van der Waals surface area contributed by atoms with Gasteiger partial charge < -0.3 is 10.4 Å². The van der Waals surface area contributed by atoms with Crippen LogP contribution in [0.15, 0.2) is 48.8 Å². The predicted molar refractivity (Wildman–Crippen MR) is 81.7 cm³/mol. The quantitative estimate of drug-likeness (QED) is 0.856. The maximum atomic E-state index is 10.2. The topological polar surface area (TPSA) is 45.1 Å². The van der Waals surface area contributed by atoms with Crippen molar-refractivity contribution in [3.63, 3.8) is 0 Å². The summed E-state index contributed by atoms with van der Waals surface area (Å²) in [7, 11) is 0. The summed E-state index contributed by atoms with van der Waals surface area (Å²) in [6.45, 7) is 2.60. The molecular formula is C16H19ClN2O. The van der Waals surface area contributed by atoms with E-state index < -0.39 is 6.10 Å². The first-order valence-electron chi connectivity index (χ1n) is 6.77. The van der Waals surface area contributed by atoms with E-state index in [1.807, 2.05) is 36.4 Å². The summed E-state index contributed by atoms with van der Waals surface area (Å²) in [5.74, 6) is 0. The second kappa shape index (κ2) is 7.39. The molecule has 2 N–H and O–H groups in total. The number of halogens is 1. The molecule has 0 amide bonds. The minimum absolute atomic E-state index is 0.185. The zero-order valence-corrected chi connectivity index (χ0v) is 12.2. The van der Waals surface area contributed by atoms with Crippen molar-refractivity contribution in [1.82, 2.24) is 10.3 Å². The minimum Gasteiger partial charge on any atom is -0.387 e. The van der Waals surface area contributed by atoms with Gasteiger partial charge in [0.2, 0.25) is 0 Å². The molecule has 2 atom stereocenters. The van der Waals surface area contributed by atoms with Crippen molar-refractivity contribution < 1.29 is 5.11 Å². The molecule has 0 radical (unpaired) electrons. The Kier molecular flexibility index (Phi) is 5.53. The van der Waals surface area contributed by atoms with Gasteiger partial charge in [-0.2, -0.15) is 0 Å². The van der Waals surface area contributed by atoms with Crippen LogP contribution in [0.2, 0.25) is 5.02 Å². The summed E-state index contributed by atoms with van der Waals surface area (Å²) in [6.07, 6.45) is 3.77. The monoisotopic (exact) mass is 290 g/mol. The van der Waals surface area contributed by atoms with E-state index in [1.165, 1.54) is 0 Å². The summed E-state index contributed by atoms with van der Waals surface area (Å²) < 4.78 is 0. The fourth-order valence-corrected chi connectivity index (χ4v) is 2.38. The Hall–Kier alpha value is -1.42. The summed E-state index contributed by atoms with van der Waals surface area (Å²) >= 11 is 6.02. The number of hydrogen-bond acceptors (Lipinski definition) is 3. The van der Waals surface area contributed by atoms with Crippen LogP contribution in [-0.4, -0.2) is 16.6 Å². The zero-order valence-electron chi connectivity index (χ0n) is 11.5. The molecule has 1 aromatic heterocycles. The predicted octanol–water partition coefficient (Wildman–Crippen LogP) is 3.51. The first-order chi connectivity index (χ1) is 9.70. The third kappa shape index (κ3) is 4.04. The van der Waals surface area contributed by atoms with E-state index in [0.29, 0.717) is 6.54 Å². The van der Waals surface area contributed by atoms with E-state index in [9.17, 15) is 5.11 Å². The lowest BCUT2D eigenvalue weighted by Crippen LogP contribution is -2.26. The average molecular weight is 291 g/mol. The van der Waals surface area contributed by atoms with Crippen LogP contribution in [-0.2, 0) is 0 Å². The smallest absolute Gasteiger partial charge is 0.0915 e. The lowest BCUT2D eigenvalue weighted by atomic mass is 10.0. The van der Waals surface area contributed by atoms with Gasteiger partial charge in [-0.3, -0.25) is 4.98 Å². The number of benzene rings is 1. The van der Waals surface area contributed by atoms with E-state index in [-0.39, 0.29) is 6.04 Å². The van der Waals surface area contributed by atoms with Gasteiger partial charge in [0.05, 0.1) is 6.10 Å². The molecule has 0 bridgehead atoms. The Morgan fingerprint density at radius 1 is 1.20 bits per heavy atom. The van der Waals surface area contributed by atoms with Gasteiger partial charge in [-0.05, 0) is 41.8 Å². The highest BCUT2D eigenvalue weighted by Crippen LogP contribution is 2.21. The van der Waals surface area contributed by atoms with E-state index in [2.05, 4.69) is 17.2 Å². The van der Waals surface area contributed by atoms with E-state index in [0.717, 1.165) is 22.6 Å². The Bertz CT molecular complexity index is 533. The first kappa shape index (κ1) is 15.0. The standard InChI is InChI=1S/C16H19ClN2O/c1-2-15(13-4-3-5-14(17)10-13)19-11-16(20)12-6-8-18-9-7-12/h3-10,15-16,19-20H,2,11H2,1H3. The van der Waals surface area contributed by atoms with Crippen LogP contribution in [0, 0.1) is 0 Å². The molecule has 1 aromatic carbocycles. The molecule has 3 nitrogen and oxygen atoms in total. The Labute approximate surface area is 124 Å². The molecule has 20 heavy (non-hydrogen) atoms. The van der Waals surface area contributed by atoms with Crippen LogP contribution in [0.3, 0.4) is 0 Å². The SMILES string of the molecule is CCC(NCC(O)c1ccncc1)c1cccc(Cl)c1. The number of aliphatic hydroxyl groups excluding tert-OH is 1. The van der Waals surface area contributed by atoms with Crippen LogP contribution in [0.1, 0.15) is 36.6 Å². The van der Waals surface area contributed by atoms with Gasteiger partial charge in [0.15, 0.2) is 0 Å². The van der Waals surface area contributed by atoms with Gasteiger partial charge in [-0.25, -0.2) is 0 Å². The lowest BCUT2D eigenvalue weighted by Gasteiger charge is -2.20. The molecule has 0 fully saturated rings. The molecule has 0 saturated heterocycles. The largest absolute Gasteiger partial charge is 0.387 e. The van der Waals surface area contributed by atoms with Crippen LogP contribution in [0.5, 0.6) is 0 Å². The number of rotatable bonds is 6. The van der Waals surface area contributed by atoms with Crippen molar-refractivity contribution >= 4 is 11.6 Å². The highest BCUT2D eigenvalue weighted by molar-refractivity contribution is 6.30. The van der Waals surface area contributed by atoms with E-state index in [4.69, 9.17) is 11.6 Å². The second-order valence-electron chi connectivity index (χ2n) is 4.72. The maximum absolute atomic E-state index is 10.2. The lowest BCUT2D eigenvalue weighted by molar-refractivity contribution is 0.169. The highest BCUT2D eigenvalue weighted by atomic mass is 35.5. The van der Waals surface area contributed by atoms with Crippen molar-refractivity contribution in [2.75, 3.05) is 6.54 Å². The van der Waals surface area contributed by atoms with Gasteiger partial charge in [-0.15, -0.1) is 0 Å². The number of pyridine rings is 1. The molecule has 4 heteroatoms. The summed E-state index contributed by atoms with van der Waals surface area (Å²) in [6, 6.07) is 11.7. The van der Waals surface area contributed by atoms with E-state index >= 15 is 0 Å². The zero-order chi connectivity index (χ0) is 14.4. The molecule has 0 saturated carbocycles. The summed E-state index contributed by atoms with van der Waals surface area (Å²) in [4.78, 5) is 3.95. The van der Waals surface area contributed by atoms with Crippen LogP contribution < -0.4 is 5.32 Å². The first-order valence-corrected chi connectivity index (χ1v) is 7.15. The molecule has 106 valence electrons. The third-order valence-corrected chi connectivity index (χ3v) is 3.54. The number of hydrogen-bond donors (Lipinski definition) is 2. The maximum Gasteiger partial charge on any atom is 0.0915 e. The molecule has 2 aromatic rings. The fraction of sp³-hybridized carbons (Fsp3) is 0.312. The van der Waals surface area contributed by atoms with E-state index in [1.54, 1.807) is 12.4 Å². The minimum atomic E-state index is -0.536. The van der Waals surface area contributed by atoms with Crippen molar-refractivity contribution in [1.29, 1.82) is 0 Å². The number of aliphatic hydroxyl groups is 1. The van der Waals surface area contributed by atoms with Crippen LogP contribution in [0.4, 0.5) is 0 Å². The molecule has 0 spiro atoms. The molecule has 0 aliphatic heterocycles. The van der Waals surface area contributed by atoms with Crippen LogP contribution in [0.25, 0.3) is 0 Å². The van der Waals surface area contributed by atoms with Gasteiger partial charge in [0, 0.05) is 30.0 Å². The van der Waals surface area contributed by atoms with Crippen molar-refractivity contribution in [3.8, 4) is 0 Å². The van der Waals surface area contributed by atoms with Crippen LogP contribution >= 0.6 is 11.6 Å². The summed E-state index contributed by atoms with van der Waals surface area (Å²) in [5.41, 5.74) is 2.01. The molecule has 2 rings (SSSR count). The highest BCUT2D eigenvalue weighted by Gasteiger charge is 2.12. The Balaban J connectivity index is 1.97. The summed E-state index contributed by atoms with van der Waals surface area (Å²) in [5, 5.41) is 14.3. The second-order valence-corrected chi connectivity index (χ2v) is 5.16. The van der Waals surface area contributed by atoms with Gasteiger partial charge in [-0.1, -0.05) is 30.7 Å². The molecular weight excluding hydrogens is 272 g/mol. The normalized spacial score (nSPS) is 13.9. The average Bonchev–Trinajstić information content (AvgIpc) is 2.48. The molecule has 0 aliphatic carbocycles. The molecule has 0 aliphatic rings. The third-order valence-electron chi connectivity index (χ3n) is 3.31. The number of nitrogens with one attached hydrogen (secondary N) is 1. The Morgan fingerprint density at radius 2 is 1.95 bits per heavy atom. The van der Waals surface area contributed by atoms with Crippen molar-refractivity contribution in [3.05, 3.63) is 64.9 Å². The molecule has 1 heterocycles. The van der Waals surface area contributed by atoms with Crippen molar-refractivity contribution in [2.24, 2.45) is 0 Å². The number of aromatic nitrogens is 1. The van der Waals surface area contributed by atoms with Crippen molar-refractivity contribution in [2.45, 2.75) is 25.5 Å². The number of nitrogens with zero attached hydrogens (tertiary/aromatic N) is 1. The van der Waals surface area contributed by atoms with Gasteiger partial charge in [0.25, 0.3) is 0 Å². The fourth-order valence-electron chi connectivity index (χ4n) is 2.18. The van der Waals surface area contributed by atoms with Gasteiger partial charge >= 0.3 is 0 Å². The molecule has 2 unspecified atom stereocenters.